The molecule has 3 rings (SSSR count). The van der Waals surface area contributed by atoms with Crippen molar-refractivity contribution in [1.82, 2.24) is 4.98 Å². The molecule has 0 spiro atoms. The molecule has 0 N–H and O–H groups in total. The highest BCUT2D eigenvalue weighted by Crippen LogP contribution is 2.25. The third-order valence-electron chi connectivity index (χ3n) is 3.14. The quantitative estimate of drug-likeness (QED) is 0.633. The summed E-state index contributed by atoms with van der Waals surface area (Å²) in [7, 11) is 0. The Balaban J connectivity index is 2.08. The molecule has 21 heavy (non-hydrogen) atoms. The maximum absolute atomic E-state index is 5.77. The lowest BCUT2D eigenvalue weighted by Crippen LogP contribution is -1.88. The molecule has 0 unspecified atom stereocenters. The molecule has 104 valence electrons. The Morgan fingerprint density at radius 3 is 2.00 bits per heavy atom. The molecule has 2 aromatic carbocycles. The Morgan fingerprint density at radius 2 is 1.52 bits per heavy atom. The zero-order chi connectivity index (χ0) is 14.5. The molecule has 0 amide bonds. The zero-order valence-corrected chi connectivity index (χ0v) is 12.1. The average Bonchev–Trinajstić information content (AvgIpc) is 3.02. The smallest absolute Gasteiger partial charge is 0.219 e. The van der Waals surface area contributed by atoms with Gasteiger partial charge >= 0.3 is 0 Å². The maximum Gasteiger partial charge on any atom is 0.219 e. The van der Waals surface area contributed by atoms with Gasteiger partial charge in [0.05, 0.1) is 11.6 Å². The maximum atomic E-state index is 5.77. The molecule has 0 aliphatic rings. The Bertz CT molecular complexity index is 691. The second-order valence-electron chi connectivity index (χ2n) is 4.60. The van der Waals surface area contributed by atoms with Crippen LogP contribution >= 0.6 is 11.6 Å². The number of halogens is 1. The van der Waals surface area contributed by atoms with Crippen molar-refractivity contribution in [2.75, 3.05) is 0 Å². The van der Waals surface area contributed by atoms with Gasteiger partial charge in [0.2, 0.25) is 5.89 Å². The van der Waals surface area contributed by atoms with E-state index in [1.165, 1.54) is 0 Å². The predicted molar refractivity (Wildman–Crippen MR) is 85.9 cm³/mol. The van der Waals surface area contributed by atoms with Gasteiger partial charge < -0.3 is 4.42 Å². The molecule has 0 fully saturated rings. The zero-order valence-electron chi connectivity index (χ0n) is 11.4. The van der Waals surface area contributed by atoms with Crippen LogP contribution in [0.1, 0.15) is 22.7 Å². The summed E-state index contributed by atoms with van der Waals surface area (Å²) >= 11 is 5.77. The topological polar surface area (TPSA) is 26.0 Å². The molecular weight excluding hydrogens is 282 g/mol. The number of nitrogens with zero attached hydrogens (tertiary/aromatic N) is 1. The first-order valence-electron chi connectivity index (χ1n) is 6.70. The first-order chi connectivity index (χ1) is 10.4. The number of aromatic nitrogens is 1. The van der Waals surface area contributed by atoms with Crippen LogP contribution in [0.4, 0.5) is 0 Å². The fourth-order valence-electron chi connectivity index (χ4n) is 2.14. The number of benzene rings is 2. The van der Waals surface area contributed by atoms with E-state index in [4.69, 9.17) is 16.0 Å². The molecule has 1 heterocycles. The van der Waals surface area contributed by atoms with Crippen LogP contribution in [0.15, 0.2) is 71.3 Å². The Hall–Kier alpha value is -2.32. The molecular formula is C18H14ClNO. The van der Waals surface area contributed by atoms with E-state index in [0.29, 0.717) is 11.8 Å². The largest absolute Gasteiger partial charge is 0.445 e. The molecule has 0 saturated heterocycles. The van der Waals surface area contributed by atoms with Crippen LogP contribution in [0, 0.1) is 0 Å². The summed E-state index contributed by atoms with van der Waals surface area (Å²) in [6.45, 7) is 0. The summed E-state index contributed by atoms with van der Waals surface area (Å²) in [5.74, 6) is 0.914. The van der Waals surface area contributed by atoms with E-state index in [1.807, 2.05) is 42.5 Å². The molecule has 3 heteroatoms. The average molecular weight is 296 g/mol. The molecule has 1 aromatic heterocycles. The second kappa shape index (κ2) is 6.42. The molecule has 0 saturated carbocycles. The molecule has 0 aliphatic carbocycles. The van der Waals surface area contributed by atoms with Crippen molar-refractivity contribution in [2.24, 2.45) is 0 Å². The van der Waals surface area contributed by atoms with Gasteiger partial charge in [-0.05, 0) is 16.7 Å². The van der Waals surface area contributed by atoms with Gasteiger partial charge in [-0.2, -0.15) is 0 Å². The van der Waals surface area contributed by atoms with Crippen molar-refractivity contribution in [3.05, 3.63) is 89.6 Å². The van der Waals surface area contributed by atoms with Crippen molar-refractivity contribution < 1.29 is 4.42 Å². The number of alkyl halides is 1. The number of oxazole rings is 1. The Kier molecular flexibility index (Phi) is 4.17. The highest BCUT2D eigenvalue weighted by atomic mass is 35.5. The first kappa shape index (κ1) is 13.7. The van der Waals surface area contributed by atoms with Gasteiger partial charge in [0, 0.05) is 6.08 Å². The van der Waals surface area contributed by atoms with Gasteiger partial charge in [-0.3, -0.25) is 0 Å². The normalized spacial score (nSPS) is 10.3. The fraction of sp³-hybridized carbons (Fsp3) is 0.0556. The van der Waals surface area contributed by atoms with Gasteiger partial charge in [0.25, 0.3) is 0 Å². The summed E-state index contributed by atoms with van der Waals surface area (Å²) in [4.78, 5) is 4.34. The van der Waals surface area contributed by atoms with Crippen molar-refractivity contribution >= 4 is 23.3 Å². The minimum Gasteiger partial charge on any atom is -0.445 e. The van der Waals surface area contributed by atoms with Gasteiger partial charge in [-0.15, -0.1) is 11.6 Å². The summed E-state index contributed by atoms with van der Waals surface area (Å²) in [5, 5.41) is 0. The lowest BCUT2D eigenvalue weighted by molar-refractivity contribution is 0.546. The lowest BCUT2D eigenvalue weighted by atomic mass is 9.98. The monoisotopic (exact) mass is 295 g/mol. The molecule has 0 atom stereocenters. The summed E-state index contributed by atoms with van der Waals surface area (Å²) in [6.07, 6.45) is 3.53. The van der Waals surface area contributed by atoms with E-state index >= 15 is 0 Å². The van der Waals surface area contributed by atoms with E-state index in [0.717, 1.165) is 22.4 Å². The van der Waals surface area contributed by atoms with Crippen LogP contribution < -0.4 is 0 Å². The third kappa shape index (κ3) is 3.23. The van der Waals surface area contributed by atoms with E-state index in [2.05, 4.69) is 29.2 Å². The van der Waals surface area contributed by atoms with E-state index in [-0.39, 0.29) is 0 Å². The Morgan fingerprint density at radius 1 is 0.952 bits per heavy atom. The highest BCUT2D eigenvalue weighted by molar-refractivity contribution is 6.16. The standard InChI is InChI=1S/C18H14ClNO/c19-12-16-13-21-18(20-16)11-17(14-7-3-1-4-8-14)15-9-5-2-6-10-15/h1-11,13H,12H2. The molecule has 0 bridgehead atoms. The summed E-state index contributed by atoms with van der Waals surface area (Å²) < 4.78 is 5.46. The predicted octanol–water partition coefficient (Wildman–Crippen LogP) is 5.00. The molecule has 3 aromatic rings. The van der Waals surface area contributed by atoms with Crippen LogP contribution in [0.25, 0.3) is 11.6 Å². The summed E-state index contributed by atoms with van der Waals surface area (Å²) in [6, 6.07) is 20.4. The molecule has 0 radical (unpaired) electrons. The van der Waals surface area contributed by atoms with E-state index in [1.54, 1.807) is 6.26 Å². The van der Waals surface area contributed by atoms with Gasteiger partial charge in [-0.25, -0.2) is 4.98 Å². The fourth-order valence-corrected chi connectivity index (χ4v) is 2.27. The minimum atomic E-state index is 0.351. The van der Waals surface area contributed by atoms with E-state index < -0.39 is 0 Å². The van der Waals surface area contributed by atoms with Crippen LogP contribution in [0.5, 0.6) is 0 Å². The van der Waals surface area contributed by atoms with Crippen LogP contribution in [0.3, 0.4) is 0 Å². The second-order valence-corrected chi connectivity index (χ2v) is 4.87. The lowest BCUT2D eigenvalue weighted by Gasteiger charge is -2.07. The van der Waals surface area contributed by atoms with Crippen LogP contribution in [-0.2, 0) is 5.88 Å². The highest BCUT2D eigenvalue weighted by Gasteiger charge is 2.07. The van der Waals surface area contributed by atoms with Crippen molar-refractivity contribution in [2.45, 2.75) is 5.88 Å². The van der Waals surface area contributed by atoms with Crippen molar-refractivity contribution in [3.63, 3.8) is 0 Å². The number of hydrogen-bond acceptors (Lipinski definition) is 2. The minimum absolute atomic E-state index is 0.351. The van der Waals surface area contributed by atoms with Gasteiger partial charge in [0.1, 0.15) is 6.26 Å². The van der Waals surface area contributed by atoms with Crippen LogP contribution in [-0.4, -0.2) is 4.98 Å². The number of hydrogen-bond donors (Lipinski definition) is 0. The Labute approximate surface area is 128 Å². The van der Waals surface area contributed by atoms with Crippen LogP contribution in [0.2, 0.25) is 0 Å². The van der Waals surface area contributed by atoms with Gasteiger partial charge in [-0.1, -0.05) is 60.7 Å². The van der Waals surface area contributed by atoms with Crippen molar-refractivity contribution in [3.8, 4) is 0 Å². The molecule has 0 aliphatic heterocycles. The van der Waals surface area contributed by atoms with Gasteiger partial charge in [0.15, 0.2) is 0 Å². The molecule has 2 nitrogen and oxygen atoms in total. The number of rotatable bonds is 4. The first-order valence-corrected chi connectivity index (χ1v) is 7.23. The van der Waals surface area contributed by atoms with Crippen molar-refractivity contribution in [1.29, 1.82) is 0 Å². The van der Waals surface area contributed by atoms with E-state index in [9.17, 15) is 0 Å². The summed E-state index contributed by atoms with van der Waals surface area (Å²) in [5.41, 5.74) is 4.05. The SMILES string of the molecule is ClCc1coc(C=C(c2ccccc2)c2ccccc2)n1. The third-order valence-corrected chi connectivity index (χ3v) is 3.42.